The number of nitrogens with one attached hydrogen (secondary N) is 1. The predicted molar refractivity (Wildman–Crippen MR) is 116 cm³/mol. The first-order valence-electron chi connectivity index (χ1n) is 9.49. The SMILES string of the molecule is [C-]#[N+]c1ccc2nc(-c3nn(Cc4ccccc4)c(-c4ccccc4)c3O)[nH]c2c1. The lowest BCUT2D eigenvalue weighted by atomic mass is 10.1. The van der Waals surface area contributed by atoms with Crippen molar-refractivity contribution in [2.24, 2.45) is 0 Å². The van der Waals surface area contributed by atoms with Gasteiger partial charge >= 0.3 is 0 Å². The molecule has 0 fully saturated rings. The summed E-state index contributed by atoms with van der Waals surface area (Å²) < 4.78 is 1.80. The summed E-state index contributed by atoms with van der Waals surface area (Å²) in [5, 5.41) is 15.8. The quantitative estimate of drug-likeness (QED) is 0.403. The van der Waals surface area contributed by atoms with E-state index in [1.165, 1.54) is 0 Å². The maximum Gasteiger partial charge on any atom is 0.189 e. The van der Waals surface area contributed by atoms with Crippen LogP contribution in [0.3, 0.4) is 0 Å². The van der Waals surface area contributed by atoms with Crippen LogP contribution >= 0.6 is 0 Å². The van der Waals surface area contributed by atoms with Gasteiger partial charge in [0.05, 0.1) is 24.2 Å². The van der Waals surface area contributed by atoms with Gasteiger partial charge in [-0.2, -0.15) is 5.10 Å². The minimum atomic E-state index is 0.0709. The van der Waals surface area contributed by atoms with E-state index in [4.69, 9.17) is 11.7 Å². The highest BCUT2D eigenvalue weighted by atomic mass is 16.3. The third-order valence-corrected chi connectivity index (χ3v) is 4.97. The van der Waals surface area contributed by atoms with E-state index in [2.05, 4.69) is 14.8 Å². The molecule has 0 bridgehead atoms. The lowest BCUT2D eigenvalue weighted by Gasteiger charge is -2.08. The van der Waals surface area contributed by atoms with E-state index in [0.29, 0.717) is 29.4 Å². The molecule has 6 heteroatoms. The van der Waals surface area contributed by atoms with Crippen molar-refractivity contribution in [3.8, 4) is 28.5 Å². The van der Waals surface area contributed by atoms with Crippen molar-refractivity contribution in [2.45, 2.75) is 6.54 Å². The molecular formula is C24H17N5O. The van der Waals surface area contributed by atoms with Crippen LogP contribution in [0.2, 0.25) is 0 Å². The van der Waals surface area contributed by atoms with Gasteiger partial charge in [-0.05, 0) is 17.7 Å². The zero-order valence-corrected chi connectivity index (χ0v) is 15.9. The second-order valence-corrected chi connectivity index (χ2v) is 6.95. The van der Waals surface area contributed by atoms with E-state index < -0.39 is 0 Å². The van der Waals surface area contributed by atoms with Crippen molar-refractivity contribution in [3.63, 3.8) is 0 Å². The number of hydrogen-bond donors (Lipinski definition) is 2. The summed E-state index contributed by atoms with van der Waals surface area (Å²) in [4.78, 5) is 11.2. The third kappa shape index (κ3) is 3.09. The van der Waals surface area contributed by atoms with Crippen LogP contribution in [0.25, 0.3) is 38.7 Å². The number of imidazole rings is 1. The zero-order chi connectivity index (χ0) is 20.5. The van der Waals surface area contributed by atoms with Gasteiger partial charge in [0.15, 0.2) is 23.0 Å². The van der Waals surface area contributed by atoms with Crippen LogP contribution in [0, 0.1) is 6.57 Å². The van der Waals surface area contributed by atoms with Gasteiger partial charge in [-0.3, -0.25) is 4.68 Å². The first kappa shape index (κ1) is 17.7. The highest BCUT2D eigenvalue weighted by molar-refractivity contribution is 5.84. The normalized spacial score (nSPS) is 10.9. The molecule has 0 aliphatic rings. The third-order valence-electron chi connectivity index (χ3n) is 4.97. The summed E-state index contributed by atoms with van der Waals surface area (Å²) in [6, 6.07) is 24.9. The van der Waals surface area contributed by atoms with Crippen LogP contribution in [0.1, 0.15) is 5.56 Å². The molecular weight excluding hydrogens is 374 g/mol. The molecule has 5 rings (SSSR count). The van der Waals surface area contributed by atoms with Gasteiger partial charge in [0, 0.05) is 5.56 Å². The fraction of sp³-hybridized carbons (Fsp3) is 0.0417. The first-order valence-corrected chi connectivity index (χ1v) is 9.49. The Morgan fingerprint density at radius 2 is 1.70 bits per heavy atom. The molecule has 0 spiro atoms. The van der Waals surface area contributed by atoms with Gasteiger partial charge in [-0.25, -0.2) is 9.83 Å². The predicted octanol–water partition coefficient (Wildman–Crippen LogP) is 5.40. The van der Waals surface area contributed by atoms with Crippen LogP contribution in [0.15, 0.2) is 78.9 Å². The maximum atomic E-state index is 11.1. The number of H-pyrrole nitrogens is 1. The molecule has 0 radical (unpaired) electrons. The molecule has 0 unspecified atom stereocenters. The van der Waals surface area contributed by atoms with E-state index in [1.54, 1.807) is 22.9 Å². The topological polar surface area (TPSA) is 71.1 Å². The number of aromatic amines is 1. The van der Waals surface area contributed by atoms with Crippen molar-refractivity contribution in [1.29, 1.82) is 0 Å². The molecule has 30 heavy (non-hydrogen) atoms. The minimum Gasteiger partial charge on any atom is -0.504 e. The zero-order valence-electron chi connectivity index (χ0n) is 15.9. The van der Waals surface area contributed by atoms with Crippen LogP contribution < -0.4 is 0 Å². The van der Waals surface area contributed by atoms with Crippen LogP contribution in [0.4, 0.5) is 5.69 Å². The van der Waals surface area contributed by atoms with E-state index >= 15 is 0 Å². The highest BCUT2D eigenvalue weighted by Gasteiger charge is 2.22. The largest absolute Gasteiger partial charge is 0.504 e. The summed E-state index contributed by atoms with van der Waals surface area (Å²) >= 11 is 0. The van der Waals surface area contributed by atoms with Crippen LogP contribution in [-0.4, -0.2) is 24.9 Å². The summed E-state index contributed by atoms with van der Waals surface area (Å²) in [7, 11) is 0. The van der Waals surface area contributed by atoms with Gasteiger partial charge < -0.3 is 10.1 Å². The van der Waals surface area contributed by atoms with Gasteiger partial charge in [0.2, 0.25) is 0 Å². The second-order valence-electron chi connectivity index (χ2n) is 6.95. The number of aromatic hydroxyl groups is 1. The average molecular weight is 391 g/mol. The van der Waals surface area contributed by atoms with Crippen molar-refractivity contribution in [2.75, 3.05) is 0 Å². The van der Waals surface area contributed by atoms with Crippen molar-refractivity contribution in [1.82, 2.24) is 19.7 Å². The van der Waals surface area contributed by atoms with Gasteiger partial charge in [-0.1, -0.05) is 66.7 Å². The van der Waals surface area contributed by atoms with E-state index in [0.717, 1.165) is 22.2 Å². The fourth-order valence-electron chi connectivity index (χ4n) is 3.54. The summed E-state index contributed by atoms with van der Waals surface area (Å²) in [5.41, 5.74) is 4.95. The number of benzene rings is 3. The molecule has 0 atom stereocenters. The second kappa shape index (κ2) is 7.22. The number of rotatable bonds is 4. The smallest absolute Gasteiger partial charge is 0.189 e. The summed E-state index contributed by atoms with van der Waals surface area (Å²) in [6.07, 6.45) is 0. The Bertz CT molecular complexity index is 1380. The highest BCUT2D eigenvalue weighted by Crippen LogP contribution is 2.38. The van der Waals surface area contributed by atoms with Crippen molar-refractivity contribution < 1.29 is 5.11 Å². The standard InChI is InChI=1S/C24H17N5O/c1-25-18-12-13-19-20(14-18)27-24(26-19)21-23(30)22(17-10-6-3-7-11-17)29(28-21)15-16-8-4-2-5-9-16/h2-14,30H,15H2,(H,26,27). The fourth-order valence-corrected chi connectivity index (χ4v) is 3.54. The first-order chi connectivity index (χ1) is 14.7. The molecule has 0 aliphatic carbocycles. The molecule has 0 saturated heterocycles. The molecule has 5 aromatic rings. The number of nitrogens with zero attached hydrogens (tertiary/aromatic N) is 4. The summed E-state index contributed by atoms with van der Waals surface area (Å²) in [5.74, 6) is 0.537. The monoisotopic (exact) mass is 391 g/mol. The average Bonchev–Trinajstić information content (AvgIpc) is 3.35. The van der Waals surface area contributed by atoms with Crippen molar-refractivity contribution >= 4 is 16.7 Å². The van der Waals surface area contributed by atoms with Crippen LogP contribution in [-0.2, 0) is 6.54 Å². The number of fused-ring (bicyclic) bond motifs is 1. The molecule has 0 aliphatic heterocycles. The Balaban J connectivity index is 1.67. The van der Waals surface area contributed by atoms with Crippen LogP contribution in [0.5, 0.6) is 5.75 Å². The molecule has 2 heterocycles. The molecule has 144 valence electrons. The lowest BCUT2D eigenvalue weighted by molar-refractivity contribution is 0.478. The Morgan fingerprint density at radius 1 is 0.967 bits per heavy atom. The van der Waals surface area contributed by atoms with E-state index in [-0.39, 0.29) is 5.75 Å². The number of aromatic nitrogens is 4. The Kier molecular flexibility index (Phi) is 4.26. The maximum absolute atomic E-state index is 11.1. The minimum absolute atomic E-state index is 0.0709. The molecule has 2 N–H and O–H groups in total. The van der Waals surface area contributed by atoms with Gasteiger partial charge in [0.25, 0.3) is 0 Å². The Hall–Kier alpha value is -4.37. The van der Waals surface area contributed by atoms with E-state index in [9.17, 15) is 5.11 Å². The molecule has 6 nitrogen and oxygen atoms in total. The van der Waals surface area contributed by atoms with E-state index in [1.807, 2.05) is 60.7 Å². The summed E-state index contributed by atoms with van der Waals surface area (Å²) in [6.45, 7) is 7.71. The van der Waals surface area contributed by atoms with Gasteiger partial charge in [0.1, 0.15) is 5.69 Å². The van der Waals surface area contributed by atoms with Gasteiger partial charge in [-0.15, -0.1) is 0 Å². The molecule has 0 saturated carbocycles. The number of hydrogen-bond acceptors (Lipinski definition) is 3. The molecule has 3 aromatic carbocycles. The lowest BCUT2D eigenvalue weighted by Crippen LogP contribution is -2.04. The van der Waals surface area contributed by atoms with Crippen molar-refractivity contribution in [3.05, 3.63) is 95.8 Å². The Labute approximate surface area is 172 Å². The molecule has 0 amide bonds. The molecule has 2 aromatic heterocycles. The Morgan fingerprint density at radius 3 is 2.43 bits per heavy atom.